The molecule has 2 atom stereocenters. The van der Waals surface area contributed by atoms with Crippen molar-refractivity contribution in [2.75, 3.05) is 20.8 Å². The van der Waals surface area contributed by atoms with Gasteiger partial charge in [0.2, 0.25) is 0 Å². The van der Waals surface area contributed by atoms with Crippen LogP contribution in [0.25, 0.3) is 0 Å². The van der Waals surface area contributed by atoms with Crippen molar-refractivity contribution in [2.24, 2.45) is 0 Å². The minimum absolute atomic E-state index is 0.136. The molecule has 0 saturated heterocycles. The SMILES string of the molecule is COc1ccc2c(c1)C1COc3ccc(OC)cc3C1(C)O2. The average molecular weight is 298 g/mol. The van der Waals surface area contributed by atoms with Gasteiger partial charge in [-0.2, -0.15) is 0 Å². The van der Waals surface area contributed by atoms with Crippen molar-refractivity contribution in [1.82, 2.24) is 0 Å². The molecule has 0 aliphatic carbocycles. The summed E-state index contributed by atoms with van der Waals surface area (Å²) < 4.78 is 23.0. The summed E-state index contributed by atoms with van der Waals surface area (Å²) >= 11 is 0. The van der Waals surface area contributed by atoms with Gasteiger partial charge in [0.1, 0.15) is 28.6 Å². The van der Waals surface area contributed by atoms with Crippen molar-refractivity contribution in [3.63, 3.8) is 0 Å². The molecule has 2 aliphatic rings. The number of benzene rings is 2. The summed E-state index contributed by atoms with van der Waals surface area (Å²) in [6, 6.07) is 11.8. The molecule has 4 heteroatoms. The summed E-state index contributed by atoms with van der Waals surface area (Å²) in [4.78, 5) is 0. The first kappa shape index (κ1) is 13.3. The second kappa shape index (κ2) is 4.57. The zero-order chi connectivity index (χ0) is 15.3. The Labute approximate surface area is 129 Å². The van der Waals surface area contributed by atoms with Crippen LogP contribution in [0.2, 0.25) is 0 Å². The van der Waals surface area contributed by atoms with E-state index in [0.29, 0.717) is 6.61 Å². The van der Waals surface area contributed by atoms with Gasteiger partial charge in [0.15, 0.2) is 0 Å². The van der Waals surface area contributed by atoms with Gasteiger partial charge in [-0.15, -0.1) is 0 Å². The fraction of sp³-hybridized carbons (Fsp3) is 0.333. The van der Waals surface area contributed by atoms with E-state index in [-0.39, 0.29) is 5.92 Å². The number of ether oxygens (including phenoxy) is 4. The normalized spacial score (nSPS) is 24.4. The predicted octanol–water partition coefficient (Wildman–Crippen LogP) is 3.49. The molecular weight excluding hydrogens is 280 g/mol. The molecule has 2 unspecified atom stereocenters. The first-order valence-electron chi connectivity index (χ1n) is 7.34. The standard InChI is InChI=1S/C18H18O4/c1-18-14-9-12(20-3)5-7-17(14)21-10-15(18)13-8-11(19-2)4-6-16(13)22-18/h4-9,15H,10H2,1-3H3. The highest BCUT2D eigenvalue weighted by Crippen LogP contribution is 2.55. The van der Waals surface area contributed by atoms with Crippen LogP contribution in [0.3, 0.4) is 0 Å². The van der Waals surface area contributed by atoms with Crippen molar-refractivity contribution in [1.29, 1.82) is 0 Å². The molecule has 0 fully saturated rings. The summed E-state index contributed by atoms with van der Waals surface area (Å²) in [5.74, 6) is 3.54. The number of methoxy groups -OCH3 is 2. The summed E-state index contributed by atoms with van der Waals surface area (Å²) in [5.41, 5.74) is 1.71. The molecule has 4 nitrogen and oxygen atoms in total. The van der Waals surface area contributed by atoms with Gasteiger partial charge in [-0.3, -0.25) is 0 Å². The summed E-state index contributed by atoms with van der Waals surface area (Å²) in [7, 11) is 3.34. The lowest BCUT2D eigenvalue weighted by atomic mass is 9.79. The van der Waals surface area contributed by atoms with Crippen LogP contribution in [0.4, 0.5) is 0 Å². The van der Waals surface area contributed by atoms with Crippen molar-refractivity contribution in [3.05, 3.63) is 47.5 Å². The smallest absolute Gasteiger partial charge is 0.145 e. The zero-order valence-corrected chi connectivity index (χ0v) is 12.9. The van der Waals surface area contributed by atoms with Crippen molar-refractivity contribution in [3.8, 4) is 23.0 Å². The lowest BCUT2D eigenvalue weighted by Crippen LogP contribution is -2.38. The van der Waals surface area contributed by atoms with Crippen molar-refractivity contribution >= 4 is 0 Å². The van der Waals surface area contributed by atoms with Gasteiger partial charge in [-0.05, 0) is 43.3 Å². The molecule has 0 amide bonds. The Balaban J connectivity index is 1.85. The maximum absolute atomic E-state index is 6.33. The molecule has 2 aromatic rings. The van der Waals surface area contributed by atoms with Gasteiger partial charge in [0, 0.05) is 11.1 Å². The molecule has 2 heterocycles. The topological polar surface area (TPSA) is 36.9 Å². The van der Waals surface area contributed by atoms with E-state index in [1.54, 1.807) is 14.2 Å². The molecule has 0 N–H and O–H groups in total. The van der Waals surface area contributed by atoms with E-state index in [1.165, 1.54) is 0 Å². The van der Waals surface area contributed by atoms with Crippen molar-refractivity contribution < 1.29 is 18.9 Å². The van der Waals surface area contributed by atoms with E-state index in [4.69, 9.17) is 18.9 Å². The Morgan fingerprint density at radius 2 is 1.68 bits per heavy atom. The van der Waals surface area contributed by atoms with Crippen molar-refractivity contribution in [2.45, 2.75) is 18.4 Å². The fourth-order valence-electron chi connectivity index (χ4n) is 3.43. The third-order valence-electron chi connectivity index (χ3n) is 4.71. The summed E-state index contributed by atoms with van der Waals surface area (Å²) in [6.07, 6.45) is 0. The lowest BCUT2D eigenvalue weighted by Gasteiger charge is -2.37. The minimum Gasteiger partial charge on any atom is -0.497 e. The fourth-order valence-corrected chi connectivity index (χ4v) is 3.43. The maximum atomic E-state index is 6.33. The number of hydrogen-bond donors (Lipinski definition) is 0. The van der Waals surface area contributed by atoms with E-state index < -0.39 is 5.60 Å². The third kappa shape index (κ3) is 1.70. The molecule has 4 rings (SSSR count). The first-order chi connectivity index (χ1) is 10.7. The van der Waals surface area contributed by atoms with Crippen LogP contribution in [-0.2, 0) is 5.60 Å². The van der Waals surface area contributed by atoms with E-state index >= 15 is 0 Å². The Kier molecular flexibility index (Phi) is 2.76. The minimum atomic E-state index is -0.448. The molecular formula is C18H18O4. The second-order valence-electron chi connectivity index (χ2n) is 5.84. The van der Waals surface area contributed by atoms with Crippen LogP contribution in [0.1, 0.15) is 24.0 Å². The largest absolute Gasteiger partial charge is 0.497 e. The van der Waals surface area contributed by atoms with Gasteiger partial charge in [0.25, 0.3) is 0 Å². The maximum Gasteiger partial charge on any atom is 0.145 e. The molecule has 114 valence electrons. The van der Waals surface area contributed by atoms with Crippen LogP contribution < -0.4 is 18.9 Å². The molecule has 0 spiro atoms. The molecule has 22 heavy (non-hydrogen) atoms. The molecule has 0 bridgehead atoms. The van der Waals surface area contributed by atoms with E-state index in [9.17, 15) is 0 Å². The predicted molar refractivity (Wildman–Crippen MR) is 82.2 cm³/mol. The van der Waals surface area contributed by atoms with Gasteiger partial charge in [-0.1, -0.05) is 0 Å². The Hall–Kier alpha value is -2.36. The number of rotatable bonds is 2. The number of hydrogen-bond acceptors (Lipinski definition) is 4. The molecule has 0 aromatic heterocycles. The Morgan fingerprint density at radius 3 is 2.41 bits per heavy atom. The van der Waals surface area contributed by atoms with Crippen LogP contribution in [0.15, 0.2) is 36.4 Å². The highest BCUT2D eigenvalue weighted by Gasteiger charge is 2.50. The average Bonchev–Trinajstić information content (AvgIpc) is 2.86. The van der Waals surface area contributed by atoms with Gasteiger partial charge in [-0.25, -0.2) is 0 Å². The summed E-state index contributed by atoms with van der Waals surface area (Å²) in [5, 5.41) is 0. The highest BCUT2D eigenvalue weighted by atomic mass is 16.5. The molecule has 2 aliphatic heterocycles. The van der Waals surface area contributed by atoms with Crippen LogP contribution in [-0.4, -0.2) is 20.8 Å². The third-order valence-corrected chi connectivity index (χ3v) is 4.71. The second-order valence-corrected chi connectivity index (χ2v) is 5.84. The highest BCUT2D eigenvalue weighted by molar-refractivity contribution is 5.55. The van der Waals surface area contributed by atoms with Gasteiger partial charge < -0.3 is 18.9 Å². The van der Waals surface area contributed by atoms with Gasteiger partial charge in [0.05, 0.1) is 26.7 Å². The van der Waals surface area contributed by atoms with Crippen LogP contribution in [0, 0.1) is 0 Å². The zero-order valence-electron chi connectivity index (χ0n) is 12.9. The quantitative estimate of drug-likeness (QED) is 0.850. The Bertz CT molecular complexity index is 740. The van der Waals surface area contributed by atoms with E-state index in [1.807, 2.05) is 36.4 Å². The summed E-state index contributed by atoms with van der Waals surface area (Å²) in [6.45, 7) is 2.71. The monoisotopic (exact) mass is 298 g/mol. The van der Waals surface area contributed by atoms with Crippen LogP contribution >= 0.6 is 0 Å². The number of fused-ring (bicyclic) bond motifs is 5. The van der Waals surface area contributed by atoms with Crippen LogP contribution in [0.5, 0.6) is 23.0 Å². The molecule has 0 saturated carbocycles. The first-order valence-corrected chi connectivity index (χ1v) is 7.34. The molecule has 0 radical (unpaired) electrons. The Morgan fingerprint density at radius 1 is 1.00 bits per heavy atom. The molecule has 2 aromatic carbocycles. The van der Waals surface area contributed by atoms with E-state index in [0.717, 1.165) is 34.1 Å². The van der Waals surface area contributed by atoms with E-state index in [2.05, 4.69) is 6.92 Å². The van der Waals surface area contributed by atoms with Gasteiger partial charge >= 0.3 is 0 Å². The lowest BCUT2D eigenvalue weighted by molar-refractivity contribution is 0.0432.